The topological polar surface area (TPSA) is 62.4 Å². The predicted octanol–water partition coefficient (Wildman–Crippen LogP) is 4.60. The summed E-state index contributed by atoms with van der Waals surface area (Å²) in [5.74, 6) is 0.637. The molecule has 0 atom stereocenters. The van der Waals surface area contributed by atoms with Gasteiger partial charge < -0.3 is 10.1 Å². The second-order valence-corrected chi connectivity index (χ2v) is 7.12. The quantitative estimate of drug-likeness (QED) is 0.447. The highest BCUT2D eigenvalue weighted by Crippen LogP contribution is 2.25. The highest BCUT2D eigenvalue weighted by molar-refractivity contribution is 7.80. The number of fused-ring (bicyclic) bond motifs is 1. The van der Waals surface area contributed by atoms with E-state index in [0.717, 1.165) is 16.5 Å². The van der Waals surface area contributed by atoms with Crippen LogP contribution in [0.1, 0.15) is 35.7 Å². The van der Waals surface area contributed by atoms with Crippen LogP contribution in [0.5, 0.6) is 5.75 Å². The Kier molecular flexibility index (Phi) is 6.11. The molecule has 0 aromatic heterocycles. The molecule has 0 saturated carbocycles. The van der Waals surface area contributed by atoms with E-state index in [1.165, 1.54) is 5.56 Å². The lowest BCUT2D eigenvalue weighted by atomic mass is 10.0. The third-order valence-electron chi connectivity index (χ3n) is 4.44. The SMILES string of the molecule is COc1cc2ccccc2cc1C(=O)NNC(=S)Nc1ccc(C(C)C)cc1. The maximum absolute atomic E-state index is 12.6. The molecule has 0 spiro atoms. The van der Waals surface area contributed by atoms with Crippen molar-refractivity contribution >= 4 is 39.7 Å². The van der Waals surface area contributed by atoms with Crippen LogP contribution in [0.3, 0.4) is 0 Å². The van der Waals surface area contributed by atoms with Crippen molar-refractivity contribution in [3.8, 4) is 5.75 Å². The van der Waals surface area contributed by atoms with Crippen molar-refractivity contribution in [2.24, 2.45) is 0 Å². The average Bonchev–Trinajstić information content (AvgIpc) is 2.71. The number of nitrogens with one attached hydrogen (secondary N) is 3. The van der Waals surface area contributed by atoms with E-state index in [4.69, 9.17) is 17.0 Å². The number of hydrogen-bond acceptors (Lipinski definition) is 3. The average molecular weight is 394 g/mol. The molecule has 6 heteroatoms. The summed E-state index contributed by atoms with van der Waals surface area (Å²) in [6.45, 7) is 4.29. The number of anilines is 1. The van der Waals surface area contributed by atoms with Crippen LogP contribution in [-0.2, 0) is 0 Å². The Morgan fingerprint density at radius 3 is 2.21 bits per heavy atom. The molecule has 28 heavy (non-hydrogen) atoms. The van der Waals surface area contributed by atoms with Crippen molar-refractivity contribution in [2.45, 2.75) is 19.8 Å². The maximum atomic E-state index is 12.6. The number of methoxy groups -OCH3 is 1. The fourth-order valence-electron chi connectivity index (χ4n) is 2.86. The van der Waals surface area contributed by atoms with Crippen LogP contribution in [0.4, 0.5) is 5.69 Å². The molecule has 5 nitrogen and oxygen atoms in total. The van der Waals surface area contributed by atoms with E-state index in [9.17, 15) is 4.79 Å². The van der Waals surface area contributed by atoms with Gasteiger partial charge in [0.2, 0.25) is 0 Å². The van der Waals surface area contributed by atoms with Gasteiger partial charge in [-0.1, -0.05) is 50.2 Å². The van der Waals surface area contributed by atoms with E-state index in [1.807, 2.05) is 54.6 Å². The molecule has 0 bridgehead atoms. The molecule has 0 unspecified atom stereocenters. The first-order valence-corrected chi connectivity index (χ1v) is 9.43. The lowest BCUT2D eigenvalue weighted by Gasteiger charge is -2.14. The minimum absolute atomic E-state index is 0.297. The molecule has 3 N–H and O–H groups in total. The fourth-order valence-corrected chi connectivity index (χ4v) is 3.03. The highest BCUT2D eigenvalue weighted by Gasteiger charge is 2.14. The Morgan fingerprint density at radius 2 is 1.61 bits per heavy atom. The van der Waals surface area contributed by atoms with Crippen molar-refractivity contribution in [1.82, 2.24) is 10.9 Å². The Balaban J connectivity index is 1.64. The molecule has 0 radical (unpaired) electrons. The van der Waals surface area contributed by atoms with Crippen molar-refractivity contribution in [3.63, 3.8) is 0 Å². The predicted molar refractivity (Wildman–Crippen MR) is 118 cm³/mol. The van der Waals surface area contributed by atoms with Crippen LogP contribution in [0.15, 0.2) is 60.7 Å². The van der Waals surface area contributed by atoms with Crippen LogP contribution in [0.25, 0.3) is 10.8 Å². The fraction of sp³-hybridized carbons (Fsp3) is 0.182. The zero-order valence-electron chi connectivity index (χ0n) is 16.1. The molecule has 0 aliphatic rings. The van der Waals surface area contributed by atoms with Gasteiger partial charge in [0.1, 0.15) is 5.75 Å². The van der Waals surface area contributed by atoms with Gasteiger partial charge in [-0.2, -0.15) is 0 Å². The normalized spacial score (nSPS) is 10.6. The lowest BCUT2D eigenvalue weighted by molar-refractivity contribution is 0.0941. The number of rotatable bonds is 4. The second-order valence-electron chi connectivity index (χ2n) is 6.71. The minimum atomic E-state index is -0.332. The summed E-state index contributed by atoms with van der Waals surface area (Å²) in [7, 11) is 1.54. The molecular weight excluding hydrogens is 370 g/mol. The molecule has 144 valence electrons. The van der Waals surface area contributed by atoms with E-state index in [-0.39, 0.29) is 5.91 Å². The van der Waals surface area contributed by atoms with Gasteiger partial charge in [-0.05, 0) is 58.7 Å². The lowest BCUT2D eigenvalue weighted by Crippen LogP contribution is -2.43. The van der Waals surface area contributed by atoms with Crippen LogP contribution in [0.2, 0.25) is 0 Å². The summed E-state index contributed by atoms with van der Waals surface area (Å²) in [5, 5.41) is 5.31. The third-order valence-corrected chi connectivity index (χ3v) is 4.64. The van der Waals surface area contributed by atoms with Crippen molar-refractivity contribution in [3.05, 3.63) is 71.8 Å². The number of carbonyl (C=O) groups excluding carboxylic acids is 1. The molecule has 0 aliphatic carbocycles. The van der Waals surface area contributed by atoms with E-state index in [0.29, 0.717) is 22.3 Å². The van der Waals surface area contributed by atoms with Crippen molar-refractivity contribution < 1.29 is 9.53 Å². The van der Waals surface area contributed by atoms with Gasteiger partial charge in [0.05, 0.1) is 12.7 Å². The maximum Gasteiger partial charge on any atom is 0.273 e. The van der Waals surface area contributed by atoms with Crippen LogP contribution in [-0.4, -0.2) is 18.1 Å². The molecular formula is C22H23N3O2S. The van der Waals surface area contributed by atoms with Gasteiger partial charge in [0.15, 0.2) is 5.11 Å². The number of hydrazine groups is 1. The Labute approximate surface area is 170 Å². The number of hydrogen-bond donors (Lipinski definition) is 3. The van der Waals surface area contributed by atoms with E-state index >= 15 is 0 Å². The van der Waals surface area contributed by atoms with Gasteiger partial charge in [-0.25, -0.2) is 0 Å². The zero-order chi connectivity index (χ0) is 20.1. The summed E-state index contributed by atoms with van der Waals surface area (Å²) < 4.78 is 5.37. The number of carbonyl (C=O) groups is 1. The van der Waals surface area contributed by atoms with Gasteiger partial charge in [-0.15, -0.1) is 0 Å². The number of thiocarbonyl (C=S) groups is 1. The summed E-state index contributed by atoms with van der Waals surface area (Å²) >= 11 is 5.26. The molecule has 0 fully saturated rings. The van der Waals surface area contributed by atoms with Crippen molar-refractivity contribution in [2.75, 3.05) is 12.4 Å². The first-order chi connectivity index (χ1) is 13.5. The van der Waals surface area contributed by atoms with Crippen LogP contribution >= 0.6 is 12.2 Å². The second kappa shape index (κ2) is 8.71. The molecule has 3 rings (SSSR count). The van der Waals surface area contributed by atoms with Gasteiger partial charge in [0, 0.05) is 5.69 Å². The Hall–Kier alpha value is -3.12. The van der Waals surface area contributed by atoms with Gasteiger partial charge in [-0.3, -0.25) is 15.6 Å². The summed E-state index contributed by atoms with van der Waals surface area (Å²) in [6, 6.07) is 19.5. The Morgan fingerprint density at radius 1 is 0.964 bits per heavy atom. The van der Waals surface area contributed by atoms with Gasteiger partial charge in [0.25, 0.3) is 5.91 Å². The zero-order valence-corrected chi connectivity index (χ0v) is 16.9. The summed E-state index contributed by atoms with van der Waals surface area (Å²) in [5.41, 5.74) is 7.87. The molecule has 0 heterocycles. The third kappa shape index (κ3) is 4.58. The smallest absolute Gasteiger partial charge is 0.273 e. The van der Waals surface area contributed by atoms with Crippen LogP contribution < -0.4 is 20.9 Å². The highest BCUT2D eigenvalue weighted by atomic mass is 32.1. The Bertz CT molecular complexity index is 1000. The molecule has 3 aromatic rings. The van der Waals surface area contributed by atoms with Crippen molar-refractivity contribution in [1.29, 1.82) is 0 Å². The number of benzene rings is 3. The molecule has 0 saturated heterocycles. The standard InChI is InChI=1S/C22H23N3O2S/c1-14(2)15-8-10-18(11-9-15)23-22(28)25-24-21(26)19-12-16-6-4-5-7-17(16)13-20(19)27-3/h4-14H,1-3H3,(H,24,26)(H2,23,25,28). The molecule has 1 amide bonds. The first kappa shape index (κ1) is 19.6. The summed E-state index contributed by atoms with van der Waals surface area (Å²) in [6.07, 6.45) is 0. The molecule has 3 aromatic carbocycles. The number of ether oxygens (including phenoxy) is 1. The van der Waals surface area contributed by atoms with Crippen LogP contribution in [0, 0.1) is 0 Å². The first-order valence-electron chi connectivity index (χ1n) is 9.02. The van der Waals surface area contributed by atoms with Gasteiger partial charge >= 0.3 is 0 Å². The monoisotopic (exact) mass is 393 g/mol. The largest absolute Gasteiger partial charge is 0.496 e. The number of amides is 1. The minimum Gasteiger partial charge on any atom is -0.496 e. The van der Waals surface area contributed by atoms with E-state index in [2.05, 4.69) is 30.0 Å². The van der Waals surface area contributed by atoms with E-state index < -0.39 is 0 Å². The summed E-state index contributed by atoms with van der Waals surface area (Å²) in [4.78, 5) is 12.6. The molecule has 0 aliphatic heterocycles. The van der Waals surface area contributed by atoms with E-state index in [1.54, 1.807) is 13.2 Å².